The highest BCUT2D eigenvalue weighted by Crippen LogP contribution is 2.29. The third-order valence-corrected chi connectivity index (χ3v) is 3.94. The van der Waals surface area contributed by atoms with E-state index in [-0.39, 0.29) is 23.4 Å². The van der Waals surface area contributed by atoms with Gasteiger partial charge in [0, 0.05) is 12.1 Å². The van der Waals surface area contributed by atoms with E-state index >= 15 is 0 Å². The number of hydrogen-bond acceptors (Lipinski definition) is 4. The van der Waals surface area contributed by atoms with Gasteiger partial charge in [-0.3, -0.25) is 4.79 Å². The number of methoxy groups -OCH3 is 1. The molecule has 0 radical (unpaired) electrons. The quantitative estimate of drug-likeness (QED) is 0.271. The van der Waals surface area contributed by atoms with Gasteiger partial charge >= 0.3 is 5.97 Å². The lowest BCUT2D eigenvalue weighted by Gasteiger charge is -2.28. The maximum atomic E-state index is 11.9. The number of hydrogen-bond donors (Lipinski definition) is 3. The first-order chi connectivity index (χ1) is 12.0. The highest BCUT2D eigenvalue weighted by Gasteiger charge is 2.34. The molecule has 0 saturated carbocycles. The molecule has 0 saturated heterocycles. The second kappa shape index (κ2) is 10.2. The van der Waals surface area contributed by atoms with E-state index in [9.17, 15) is 9.59 Å². The molecule has 6 nitrogen and oxygen atoms in total. The number of anilines is 1. The third kappa shape index (κ3) is 7.95. The summed E-state index contributed by atoms with van der Waals surface area (Å²) in [6.45, 7) is 3.81. The van der Waals surface area contributed by atoms with E-state index in [4.69, 9.17) is 47.0 Å². The van der Waals surface area contributed by atoms with E-state index in [1.807, 2.05) is 13.8 Å². The van der Waals surface area contributed by atoms with Crippen LogP contribution < -0.4 is 16.0 Å². The van der Waals surface area contributed by atoms with Gasteiger partial charge in [-0.2, -0.15) is 0 Å². The van der Waals surface area contributed by atoms with Gasteiger partial charge in [0.2, 0.25) is 9.70 Å². The summed E-state index contributed by atoms with van der Waals surface area (Å²) in [7, 11) is 1.30. The minimum atomic E-state index is -1.81. The summed E-state index contributed by atoms with van der Waals surface area (Å²) in [5.41, 5.74) is 1.00. The monoisotopic (exact) mass is 439 g/mol. The van der Waals surface area contributed by atoms with Crippen molar-refractivity contribution >= 4 is 69.7 Å². The topological polar surface area (TPSA) is 79.5 Å². The molecule has 1 aromatic carbocycles. The molecule has 0 fully saturated rings. The lowest BCUT2D eigenvalue weighted by molar-refractivity contribution is -0.122. The number of amides is 1. The van der Waals surface area contributed by atoms with Gasteiger partial charge in [-0.25, -0.2) is 4.79 Å². The summed E-state index contributed by atoms with van der Waals surface area (Å²) in [5.74, 6) is -0.556. The van der Waals surface area contributed by atoms with E-state index in [1.54, 1.807) is 24.3 Å². The van der Waals surface area contributed by atoms with E-state index in [0.29, 0.717) is 11.3 Å². The van der Waals surface area contributed by atoms with Gasteiger partial charge in [-0.15, -0.1) is 0 Å². The summed E-state index contributed by atoms with van der Waals surface area (Å²) >= 11 is 22.9. The van der Waals surface area contributed by atoms with Crippen LogP contribution in [-0.4, -0.2) is 34.1 Å². The van der Waals surface area contributed by atoms with Crippen molar-refractivity contribution in [1.29, 1.82) is 0 Å². The molecule has 0 bridgehead atoms. The Labute approximate surface area is 172 Å². The number of esters is 1. The van der Waals surface area contributed by atoms with Crippen LogP contribution in [0.2, 0.25) is 0 Å². The number of carbonyl (C=O) groups is 2. The number of carbonyl (C=O) groups excluding carboxylic acids is 2. The molecule has 0 spiro atoms. The predicted molar refractivity (Wildman–Crippen MR) is 109 cm³/mol. The van der Waals surface area contributed by atoms with Crippen LogP contribution in [0.25, 0.3) is 0 Å². The van der Waals surface area contributed by atoms with Crippen LogP contribution in [0.1, 0.15) is 30.6 Å². The summed E-state index contributed by atoms with van der Waals surface area (Å²) in [4.78, 5) is 23.4. The Balaban J connectivity index is 2.72. The van der Waals surface area contributed by atoms with Crippen LogP contribution in [-0.2, 0) is 9.53 Å². The maximum absolute atomic E-state index is 11.9. The number of benzene rings is 1. The standard InChI is InChI=1S/C16H20Cl3N3O3S/c1-9(2)8-12(23)21-14(16(17,18)19)22-15(26)20-11-6-4-10(5-7-11)13(24)25-3/h4-7,9,14H,8H2,1-3H3,(H,21,23)(H2,20,22,26)/t14-/m1/s1. The molecule has 1 rings (SSSR count). The zero-order valence-electron chi connectivity index (χ0n) is 14.4. The molecule has 26 heavy (non-hydrogen) atoms. The Bertz CT molecular complexity index is 648. The van der Waals surface area contributed by atoms with E-state index in [0.717, 1.165) is 0 Å². The number of nitrogens with one attached hydrogen (secondary N) is 3. The Morgan fingerprint density at radius 1 is 1.15 bits per heavy atom. The zero-order valence-corrected chi connectivity index (χ0v) is 17.5. The fourth-order valence-electron chi connectivity index (χ4n) is 1.90. The SMILES string of the molecule is COC(=O)c1ccc(NC(=S)N[C@@H](NC(=O)CC(C)C)C(Cl)(Cl)Cl)cc1. The molecule has 1 amide bonds. The first-order valence-electron chi connectivity index (χ1n) is 7.65. The van der Waals surface area contributed by atoms with Crippen molar-refractivity contribution in [3.05, 3.63) is 29.8 Å². The second-order valence-electron chi connectivity index (χ2n) is 5.81. The minimum Gasteiger partial charge on any atom is -0.465 e. The number of thiocarbonyl (C=S) groups is 1. The van der Waals surface area contributed by atoms with Gasteiger partial charge < -0.3 is 20.7 Å². The van der Waals surface area contributed by atoms with Gasteiger partial charge in [-0.1, -0.05) is 48.7 Å². The first kappa shape index (κ1) is 22.8. The Morgan fingerprint density at radius 3 is 2.19 bits per heavy atom. The fourth-order valence-corrected chi connectivity index (χ4v) is 2.46. The van der Waals surface area contributed by atoms with Crippen molar-refractivity contribution in [2.75, 3.05) is 12.4 Å². The minimum absolute atomic E-state index is 0.136. The van der Waals surface area contributed by atoms with Crippen molar-refractivity contribution in [1.82, 2.24) is 10.6 Å². The highest BCUT2D eigenvalue weighted by molar-refractivity contribution is 7.80. The van der Waals surface area contributed by atoms with Crippen LogP contribution in [0, 0.1) is 5.92 Å². The molecule has 0 heterocycles. The highest BCUT2D eigenvalue weighted by atomic mass is 35.6. The van der Waals surface area contributed by atoms with Crippen LogP contribution in [0.15, 0.2) is 24.3 Å². The molecule has 10 heteroatoms. The lowest BCUT2D eigenvalue weighted by Crippen LogP contribution is -2.56. The molecule has 144 valence electrons. The summed E-state index contributed by atoms with van der Waals surface area (Å²) < 4.78 is 2.82. The maximum Gasteiger partial charge on any atom is 0.337 e. The van der Waals surface area contributed by atoms with Crippen LogP contribution in [0.3, 0.4) is 0 Å². The van der Waals surface area contributed by atoms with E-state index < -0.39 is 15.9 Å². The molecule has 1 aromatic rings. The predicted octanol–water partition coefficient (Wildman–Crippen LogP) is 3.62. The average Bonchev–Trinajstić information content (AvgIpc) is 2.52. The van der Waals surface area contributed by atoms with E-state index in [2.05, 4.69) is 20.7 Å². The van der Waals surface area contributed by atoms with Gasteiger partial charge in [-0.05, 0) is 42.4 Å². The number of rotatable bonds is 6. The van der Waals surface area contributed by atoms with Gasteiger partial charge in [0.1, 0.15) is 6.17 Å². The van der Waals surface area contributed by atoms with Crippen LogP contribution >= 0.6 is 47.0 Å². The van der Waals surface area contributed by atoms with Crippen molar-refractivity contribution in [3.63, 3.8) is 0 Å². The van der Waals surface area contributed by atoms with Crippen molar-refractivity contribution < 1.29 is 14.3 Å². The van der Waals surface area contributed by atoms with Gasteiger partial charge in [0.25, 0.3) is 0 Å². The lowest BCUT2D eigenvalue weighted by atomic mass is 10.1. The number of halogens is 3. The average molecular weight is 441 g/mol. The van der Waals surface area contributed by atoms with Crippen molar-refractivity contribution in [3.8, 4) is 0 Å². The molecular formula is C16H20Cl3N3O3S. The molecular weight excluding hydrogens is 421 g/mol. The molecule has 0 aliphatic rings. The molecule has 3 N–H and O–H groups in total. The summed E-state index contributed by atoms with van der Waals surface area (Å²) in [6.07, 6.45) is -0.734. The number of ether oxygens (including phenoxy) is 1. The summed E-state index contributed by atoms with van der Waals surface area (Å²) in [6, 6.07) is 6.44. The van der Waals surface area contributed by atoms with Crippen LogP contribution in [0.4, 0.5) is 5.69 Å². The second-order valence-corrected chi connectivity index (χ2v) is 8.58. The summed E-state index contributed by atoms with van der Waals surface area (Å²) in [5, 5.41) is 8.38. The molecule has 0 unspecified atom stereocenters. The molecule has 0 aliphatic heterocycles. The Hall–Kier alpha value is -1.28. The molecule has 0 aliphatic carbocycles. The molecule has 1 atom stereocenters. The fraction of sp³-hybridized carbons (Fsp3) is 0.438. The van der Waals surface area contributed by atoms with E-state index in [1.165, 1.54) is 7.11 Å². The number of alkyl halides is 3. The normalized spacial score (nSPS) is 12.3. The van der Waals surface area contributed by atoms with Gasteiger partial charge in [0.15, 0.2) is 5.11 Å². The largest absolute Gasteiger partial charge is 0.465 e. The Morgan fingerprint density at radius 2 is 1.73 bits per heavy atom. The van der Waals surface area contributed by atoms with Crippen molar-refractivity contribution in [2.24, 2.45) is 5.92 Å². The molecule has 0 aromatic heterocycles. The van der Waals surface area contributed by atoms with Crippen LogP contribution in [0.5, 0.6) is 0 Å². The zero-order chi connectivity index (χ0) is 19.9. The smallest absolute Gasteiger partial charge is 0.337 e. The Kier molecular flexibility index (Phi) is 8.89. The third-order valence-electron chi connectivity index (χ3n) is 3.07. The van der Waals surface area contributed by atoms with Gasteiger partial charge in [0.05, 0.1) is 12.7 Å². The van der Waals surface area contributed by atoms with Crippen molar-refractivity contribution in [2.45, 2.75) is 30.2 Å². The first-order valence-corrected chi connectivity index (χ1v) is 9.19.